The van der Waals surface area contributed by atoms with E-state index < -0.39 is 4.92 Å². The van der Waals surface area contributed by atoms with Gasteiger partial charge in [0, 0.05) is 14.1 Å². The third kappa shape index (κ3) is 2.25. The van der Waals surface area contributed by atoms with Crippen molar-refractivity contribution in [3.05, 3.63) is 28.3 Å². The monoisotopic (exact) mass is 266 g/mol. The fourth-order valence-corrected chi connectivity index (χ4v) is 2.27. The van der Waals surface area contributed by atoms with Gasteiger partial charge in [0.25, 0.3) is 0 Å². The van der Waals surface area contributed by atoms with E-state index in [1.165, 1.54) is 4.68 Å². The minimum atomic E-state index is -0.419. The van der Waals surface area contributed by atoms with Crippen LogP contribution in [-0.4, -0.2) is 32.2 Å². The molecule has 2 aromatic rings. The lowest BCUT2D eigenvalue weighted by molar-refractivity contribution is -0.386. The number of nitro benzene ring substituents is 1. The molecule has 0 bridgehead atoms. The number of hydrogen-bond donors (Lipinski definition) is 1. The Balaban J connectivity index is 2.44. The number of aryl methyl sites for hydroxylation is 1. The topological polar surface area (TPSA) is 98.8 Å². The van der Waals surface area contributed by atoms with Gasteiger partial charge in [0.2, 0.25) is 5.16 Å². The summed E-state index contributed by atoms with van der Waals surface area (Å²) in [4.78, 5) is 11.2. The van der Waals surface area contributed by atoms with Crippen molar-refractivity contribution in [2.75, 3.05) is 12.4 Å². The molecule has 8 nitrogen and oxygen atoms in total. The molecule has 1 N–H and O–H groups in total. The molecule has 9 heteroatoms. The van der Waals surface area contributed by atoms with Crippen LogP contribution in [0.25, 0.3) is 0 Å². The van der Waals surface area contributed by atoms with Crippen LogP contribution in [0.15, 0.2) is 28.3 Å². The van der Waals surface area contributed by atoms with E-state index in [4.69, 9.17) is 0 Å². The lowest BCUT2D eigenvalue weighted by atomic mass is 10.3. The van der Waals surface area contributed by atoms with Crippen LogP contribution in [-0.2, 0) is 7.05 Å². The molecule has 0 saturated carbocycles. The molecule has 0 fully saturated rings. The summed E-state index contributed by atoms with van der Waals surface area (Å²) in [6.45, 7) is 0. The molecule has 18 heavy (non-hydrogen) atoms. The van der Waals surface area contributed by atoms with Gasteiger partial charge < -0.3 is 5.32 Å². The van der Waals surface area contributed by atoms with Gasteiger partial charge in [-0.15, -0.1) is 5.10 Å². The number of nitro groups is 1. The largest absolute Gasteiger partial charge is 0.383 e. The summed E-state index contributed by atoms with van der Waals surface area (Å²) >= 11 is 1.15. The molecule has 1 aromatic heterocycles. The molecule has 0 atom stereocenters. The van der Waals surface area contributed by atoms with Gasteiger partial charge in [-0.05, 0) is 34.3 Å². The van der Waals surface area contributed by atoms with E-state index in [1.54, 1.807) is 32.3 Å². The second kappa shape index (κ2) is 5.00. The Bertz CT molecular complexity index is 584. The zero-order valence-corrected chi connectivity index (χ0v) is 10.5. The van der Waals surface area contributed by atoms with Crippen molar-refractivity contribution in [3.63, 3.8) is 0 Å². The molecule has 0 aliphatic carbocycles. The third-order valence-electron chi connectivity index (χ3n) is 2.23. The van der Waals surface area contributed by atoms with Crippen LogP contribution < -0.4 is 5.32 Å². The Morgan fingerprint density at radius 1 is 1.50 bits per heavy atom. The quantitative estimate of drug-likeness (QED) is 0.658. The fraction of sp³-hybridized carbons (Fsp3) is 0.222. The molecule has 1 heterocycles. The molecule has 0 aliphatic rings. The van der Waals surface area contributed by atoms with Gasteiger partial charge in [-0.25, -0.2) is 4.68 Å². The van der Waals surface area contributed by atoms with Gasteiger partial charge in [0.1, 0.15) is 5.69 Å². The summed E-state index contributed by atoms with van der Waals surface area (Å²) in [5.41, 5.74) is 0.480. The number of hydrogen-bond acceptors (Lipinski definition) is 7. The Labute approximate surface area is 107 Å². The first-order valence-electron chi connectivity index (χ1n) is 4.99. The first kappa shape index (κ1) is 12.3. The highest BCUT2D eigenvalue weighted by atomic mass is 32.2. The molecule has 0 amide bonds. The van der Waals surface area contributed by atoms with Crippen LogP contribution in [0.3, 0.4) is 0 Å². The maximum atomic E-state index is 11.1. The summed E-state index contributed by atoms with van der Waals surface area (Å²) in [7, 11) is 3.32. The standard InChI is InChI=1S/C9H10N6O2S/c1-10-6-4-3-5-7(8(6)15(16)17)18-9-11-12-13-14(9)2/h3-5,10H,1-2H3. The van der Waals surface area contributed by atoms with Crippen molar-refractivity contribution in [2.45, 2.75) is 10.1 Å². The maximum Gasteiger partial charge on any atom is 0.306 e. The number of para-hydroxylation sites is 1. The lowest BCUT2D eigenvalue weighted by Gasteiger charge is -2.06. The Hall–Kier alpha value is -2.16. The fourth-order valence-electron chi connectivity index (χ4n) is 1.40. The average Bonchev–Trinajstić information content (AvgIpc) is 2.74. The van der Waals surface area contributed by atoms with Gasteiger partial charge in [-0.2, -0.15) is 0 Å². The number of nitrogens with one attached hydrogen (secondary N) is 1. The predicted molar refractivity (Wildman–Crippen MR) is 65.6 cm³/mol. The molecule has 94 valence electrons. The van der Waals surface area contributed by atoms with E-state index in [9.17, 15) is 10.1 Å². The normalized spacial score (nSPS) is 10.3. The number of tetrazole rings is 1. The first-order chi connectivity index (χ1) is 8.63. The average molecular weight is 266 g/mol. The molecule has 0 saturated heterocycles. The van der Waals surface area contributed by atoms with E-state index in [0.29, 0.717) is 15.7 Å². The molecule has 0 aliphatic heterocycles. The van der Waals surface area contributed by atoms with Gasteiger partial charge in [-0.3, -0.25) is 10.1 Å². The highest BCUT2D eigenvalue weighted by molar-refractivity contribution is 7.99. The van der Waals surface area contributed by atoms with Crippen molar-refractivity contribution in [3.8, 4) is 0 Å². The van der Waals surface area contributed by atoms with Crippen molar-refractivity contribution in [1.29, 1.82) is 0 Å². The van der Waals surface area contributed by atoms with E-state index in [0.717, 1.165) is 11.8 Å². The van der Waals surface area contributed by atoms with Crippen LogP contribution in [0.5, 0.6) is 0 Å². The van der Waals surface area contributed by atoms with Gasteiger partial charge >= 0.3 is 5.69 Å². The third-order valence-corrected chi connectivity index (χ3v) is 3.31. The van der Waals surface area contributed by atoms with Crippen LogP contribution in [0.2, 0.25) is 0 Å². The summed E-state index contributed by atoms with van der Waals surface area (Å²) < 4.78 is 1.46. The summed E-state index contributed by atoms with van der Waals surface area (Å²) in [5, 5.41) is 25.4. The van der Waals surface area contributed by atoms with E-state index in [1.807, 2.05) is 0 Å². The van der Waals surface area contributed by atoms with Crippen LogP contribution in [0.1, 0.15) is 0 Å². The summed E-state index contributed by atoms with van der Waals surface area (Å²) in [5.74, 6) is 0. The Kier molecular flexibility index (Phi) is 3.42. The van der Waals surface area contributed by atoms with Crippen molar-refractivity contribution in [2.24, 2.45) is 7.05 Å². The number of benzene rings is 1. The molecule has 0 spiro atoms. The van der Waals surface area contributed by atoms with Crippen LogP contribution in [0.4, 0.5) is 11.4 Å². The van der Waals surface area contributed by atoms with Crippen LogP contribution in [0, 0.1) is 10.1 Å². The highest BCUT2D eigenvalue weighted by Crippen LogP contribution is 2.37. The molecule has 0 radical (unpaired) electrons. The summed E-state index contributed by atoms with van der Waals surface area (Å²) in [6.07, 6.45) is 0. The Morgan fingerprint density at radius 2 is 2.28 bits per heavy atom. The van der Waals surface area contributed by atoms with Gasteiger partial charge in [-0.1, -0.05) is 6.07 Å². The molecular weight excluding hydrogens is 256 g/mol. The van der Waals surface area contributed by atoms with E-state index >= 15 is 0 Å². The first-order valence-corrected chi connectivity index (χ1v) is 5.80. The minimum absolute atomic E-state index is 0.0213. The van der Waals surface area contributed by atoms with E-state index in [2.05, 4.69) is 20.8 Å². The van der Waals surface area contributed by atoms with E-state index in [-0.39, 0.29) is 5.69 Å². The second-order valence-electron chi connectivity index (χ2n) is 3.35. The Morgan fingerprint density at radius 3 is 2.83 bits per heavy atom. The smallest absolute Gasteiger partial charge is 0.306 e. The molecule has 2 rings (SSSR count). The maximum absolute atomic E-state index is 11.1. The number of rotatable bonds is 4. The molecule has 0 unspecified atom stereocenters. The number of anilines is 1. The minimum Gasteiger partial charge on any atom is -0.383 e. The molecular formula is C9H10N6O2S. The number of nitrogens with zero attached hydrogens (tertiary/aromatic N) is 5. The van der Waals surface area contributed by atoms with Gasteiger partial charge in [0.05, 0.1) is 9.82 Å². The van der Waals surface area contributed by atoms with Crippen LogP contribution >= 0.6 is 11.8 Å². The van der Waals surface area contributed by atoms with Crippen molar-refractivity contribution < 1.29 is 4.92 Å². The SMILES string of the molecule is CNc1cccc(Sc2nnnn2C)c1[N+](=O)[O-]. The highest BCUT2D eigenvalue weighted by Gasteiger charge is 2.21. The van der Waals surface area contributed by atoms with Crippen molar-refractivity contribution >= 4 is 23.1 Å². The second-order valence-corrected chi connectivity index (χ2v) is 4.36. The zero-order chi connectivity index (χ0) is 13.1. The van der Waals surface area contributed by atoms with Crippen molar-refractivity contribution in [1.82, 2.24) is 20.2 Å². The summed E-state index contributed by atoms with van der Waals surface area (Å²) in [6, 6.07) is 5.06. The lowest BCUT2D eigenvalue weighted by Crippen LogP contribution is -1.99. The predicted octanol–water partition coefficient (Wildman–Crippen LogP) is 1.31. The zero-order valence-electron chi connectivity index (χ0n) is 9.69. The molecule has 1 aromatic carbocycles. The van der Waals surface area contributed by atoms with Gasteiger partial charge in [0.15, 0.2) is 0 Å². The number of aromatic nitrogens is 4.